The van der Waals surface area contributed by atoms with Gasteiger partial charge in [0.15, 0.2) is 9.84 Å². The SMILES string of the molecule is CC(C)(C)c1ccccc1OCCNC1CCS(=O)(=O)C1. The Bertz CT molecular complexity index is 575. The van der Waals surface area contributed by atoms with Crippen LogP contribution in [0.15, 0.2) is 24.3 Å². The molecule has 0 spiro atoms. The molecule has 1 aliphatic heterocycles. The molecule has 1 heterocycles. The van der Waals surface area contributed by atoms with Crippen molar-refractivity contribution in [1.29, 1.82) is 0 Å². The fraction of sp³-hybridized carbons (Fsp3) is 0.625. The smallest absolute Gasteiger partial charge is 0.151 e. The van der Waals surface area contributed by atoms with E-state index in [1.165, 1.54) is 5.56 Å². The quantitative estimate of drug-likeness (QED) is 0.847. The molecule has 0 amide bonds. The molecule has 4 nitrogen and oxygen atoms in total. The molecule has 1 atom stereocenters. The van der Waals surface area contributed by atoms with E-state index in [9.17, 15) is 8.42 Å². The summed E-state index contributed by atoms with van der Waals surface area (Å²) in [5.74, 6) is 1.47. The molecule has 5 heteroatoms. The summed E-state index contributed by atoms with van der Waals surface area (Å²) in [6.45, 7) is 7.70. The number of sulfone groups is 1. The topological polar surface area (TPSA) is 55.4 Å². The lowest BCUT2D eigenvalue weighted by atomic mass is 9.86. The molecule has 0 aromatic heterocycles. The summed E-state index contributed by atoms with van der Waals surface area (Å²) in [6, 6.07) is 8.15. The van der Waals surface area contributed by atoms with Gasteiger partial charge >= 0.3 is 0 Å². The molecule has 0 aliphatic carbocycles. The molecule has 0 radical (unpaired) electrons. The minimum absolute atomic E-state index is 0.0452. The van der Waals surface area contributed by atoms with Crippen molar-refractivity contribution in [2.75, 3.05) is 24.7 Å². The van der Waals surface area contributed by atoms with Crippen LogP contribution in [0.5, 0.6) is 5.75 Å². The van der Waals surface area contributed by atoms with E-state index >= 15 is 0 Å². The van der Waals surface area contributed by atoms with Crippen molar-refractivity contribution in [3.63, 3.8) is 0 Å². The van der Waals surface area contributed by atoms with Crippen molar-refractivity contribution in [3.05, 3.63) is 29.8 Å². The first-order valence-corrected chi connectivity index (χ1v) is 9.26. The molecule has 2 rings (SSSR count). The lowest BCUT2D eigenvalue weighted by Crippen LogP contribution is -2.33. The molecular formula is C16H25NO3S. The number of nitrogens with one attached hydrogen (secondary N) is 1. The Hall–Kier alpha value is -1.07. The number of benzene rings is 1. The zero-order chi connectivity index (χ0) is 15.5. The maximum Gasteiger partial charge on any atom is 0.151 e. The maximum atomic E-state index is 11.4. The average Bonchev–Trinajstić information content (AvgIpc) is 2.74. The van der Waals surface area contributed by atoms with Gasteiger partial charge in [-0.15, -0.1) is 0 Å². The fourth-order valence-electron chi connectivity index (χ4n) is 2.59. The highest BCUT2D eigenvalue weighted by Crippen LogP contribution is 2.30. The number of rotatable bonds is 5. The van der Waals surface area contributed by atoms with Crippen LogP contribution in [0.1, 0.15) is 32.8 Å². The summed E-state index contributed by atoms with van der Waals surface area (Å²) in [4.78, 5) is 0. The second-order valence-electron chi connectivity index (χ2n) is 6.65. The Kier molecular flexibility index (Phi) is 4.94. The third kappa shape index (κ3) is 4.71. The van der Waals surface area contributed by atoms with Gasteiger partial charge in [0.05, 0.1) is 11.5 Å². The monoisotopic (exact) mass is 311 g/mol. The molecule has 0 bridgehead atoms. The largest absolute Gasteiger partial charge is 0.492 e. The number of hydrogen-bond acceptors (Lipinski definition) is 4. The molecule has 1 unspecified atom stereocenters. The van der Waals surface area contributed by atoms with Crippen molar-refractivity contribution in [3.8, 4) is 5.75 Å². The maximum absolute atomic E-state index is 11.4. The predicted molar refractivity (Wildman–Crippen MR) is 85.7 cm³/mol. The molecule has 21 heavy (non-hydrogen) atoms. The van der Waals surface area contributed by atoms with Crippen LogP contribution in [0.25, 0.3) is 0 Å². The van der Waals surface area contributed by atoms with Crippen molar-refractivity contribution < 1.29 is 13.2 Å². The molecule has 0 saturated carbocycles. The van der Waals surface area contributed by atoms with Gasteiger partial charge in [0, 0.05) is 12.6 Å². The van der Waals surface area contributed by atoms with Crippen LogP contribution < -0.4 is 10.1 Å². The highest BCUT2D eigenvalue weighted by molar-refractivity contribution is 7.91. The first-order valence-electron chi connectivity index (χ1n) is 7.44. The minimum atomic E-state index is -2.81. The van der Waals surface area contributed by atoms with Gasteiger partial charge in [0.25, 0.3) is 0 Å². The van der Waals surface area contributed by atoms with Gasteiger partial charge in [-0.2, -0.15) is 0 Å². The van der Waals surface area contributed by atoms with E-state index in [4.69, 9.17) is 4.74 Å². The lowest BCUT2D eigenvalue weighted by molar-refractivity contribution is 0.300. The highest BCUT2D eigenvalue weighted by atomic mass is 32.2. The average molecular weight is 311 g/mol. The first-order chi connectivity index (χ1) is 9.78. The second-order valence-corrected chi connectivity index (χ2v) is 8.88. The summed E-state index contributed by atoms with van der Waals surface area (Å²) < 4.78 is 28.6. The molecule has 118 valence electrons. The van der Waals surface area contributed by atoms with E-state index in [1.54, 1.807) is 0 Å². The van der Waals surface area contributed by atoms with E-state index in [1.807, 2.05) is 18.2 Å². The third-order valence-corrected chi connectivity index (χ3v) is 5.49. The van der Waals surface area contributed by atoms with Crippen molar-refractivity contribution in [2.45, 2.75) is 38.6 Å². The first kappa shape index (κ1) is 16.3. The Morgan fingerprint density at radius 3 is 2.62 bits per heavy atom. The zero-order valence-corrected chi connectivity index (χ0v) is 13.9. The summed E-state index contributed by atoms with van der Waals surface area (Å²) in [5.41, 5.74) is 1.23. The Morgan fingerprint density at radius 1 is 1.29 bits per heavy atom. The molecule has 1 saturated heterocycles. The van der Waals surface area contributed by atoms with Crippen LogP contribution in [-0.2, 0) is 15.3 Å². The van der Waals surface area contributed by atoms with Crippen LogP contribution in [0.2, 0.25) is 0 Å². The predicted octanol–water partition coefficient (Wildman–Crippen LogP) is 2.14. The minimum Gasteiger partial charge on any atom is -0.492 e. The number of para-hydroxylation sites is 1. The molecule has 1 N–H and O–H groups in total. The van der Waals surface area contributed by atoms with Gasteiger partial charge in [-0.05, 0) is 23.5 Å². The summed E-state index contributed by atoms with van der Waals surface area (Å²) in [5, 5.41) is 3.26. The van der Waals surface area contributed by atoms with E-state index in [0.717, 1.165) is 5.75 Å². The molecule has 1 fully saturated rings. The molecule has 1 aromatic rings. The van der Waals surface area contributed by atoms with Gasteiger partial charge < -0.3 is 10.1 Å². The summed E-state index contributed by atoms with van der Waals surface area (Å²) in [7, 11) is -2.81. The number of ether oxygens (including phenoxy) is 1. The van der Waals surface area contributed by atoms with E-state index in [0.29, 0.717) is 25.3 Å². The Labute approximate surface area is 127 Å². The van der Waals surface area contributed by atoms with Gasteiger partial charge in [-0.25, -0.2) is 8.42 Å². The molecule has 1 aromatic carbocycles. The standard InChI is InChI=1S/C16H25NO3S/c1-16(2,3)14-6-4-5-7-15(14)20-10-9-17-13-8-11-21(18,19)12-13/h4-7,13,17H,8-12H2,1-3H3. The second kappa shape index (κ2) is 6.36. The van der Waals surface area contributed by atoms with E-state index in [2.05, 4.69) is 32.2 Å². The van der Waals surface area contributed by atoms with Crippen LogP contribution in [0.3, 0.4) is 0 Å². The van der Waals surface area contributed by atoms with Crippen molar-refractivity contribution in [2.24, 2.45) is 0 Å². The van der Waals surface area contributed by atoms with Crippen molar-refractivity contribution in [1.82, 2.24) is 5.32 Å². The lowest BCUT2D eigenvalue weighted by Gasteiger charge is -2.23. The van der Waals surface area contributed by atoms with Crippen LogP contribution in [0.4, 0.5) is 0 Å². The Morgan fingerprint density at radius 2 is 2.00 bits per heavy atom. The van der Waals surface area contributed by atoms with E-state index in [-0.39, 0.29) is 17.2 Å². The fourth-order valence-corrected chi connectivity index (χ4v) is 4.30. The highest BCUT2D eigenvalue weighted by Gasteiger charge is 2.27. The molecular weight excluding hydrogens is 286 g/mol. The van der Waals surface area contributed by atoms with Crippen molar-refractivity contribution >= 4 is 9.84 Å². The van der Waals surface area contributed by atoms with Gasteiger partial charge in [0.2, 0.25) is 0 Å². The summed E-state index contributed by atoms with van der Waals surface area (Å²) in [6.07, 6.45) is 0.709. The Balaban J connectivity index is 1.82. The van der Waals surface area contributed by atoms with Crippen LogP contribution in [0, 0.1) is 0 Å². The van der Waals surface area contributed by atoms with E-state index < -0.39 is 9.84 Å². The summed E-state index contributed by atoms with van der Waals surface area (Å²) >= 11 is 0. The third-order valence-electron chi connectivity index (χ3n) is 3.72. The zero-order valence-electron chi connectivity index (χ0n) is 13.1. The van der Waals surface area contributed by atoms with Gasteiger partial charge in [-0.3, -0.25) is 0 Å². The molecule has 1 aliphatic rings. The van der Waals surface area contributed by atoms with Gasteiger partial charge in [-0.1, -0.05) is 39.0 Å². The number of hydrogen-bond donors (Lipinski definition) is 1. The van der Waals surface area contributed by atoms with Gasteiger partial charge in [0.1, 0.15) is 12.4 Å². The van der Waals surface area contributed by atoms with Crippen LogP contribution in [-0.4, -0.2) is 39.1 Å². The van der Waals surface area contributed by atoms with Crippen LogP contribution >= 0.6 is 0 Å². The normalized spacial score (nSPS) is 21.4.